The van der Waals surface area contributed by atoms with Gasteiger partial charge < -0.3 is 9.30 Å². The quantitative estimate of drug-likeness (QED) is 0.682. The van der Waals surface area contributed by atoms with Crippen molar-refractivity contribution in [3.05, 3.63) is 53.3 Å². The van der Waals surface area contributed by atoms with E-state index in [2.05, 4.69) is 4.98 Å². The van der Waals surface area contributed by atoms with Crippen molar-refractivity contribution in [3.63, 3.8) is 0 Å². The third-order valence-electron chi connectivity index (χ3n) is 3.65. The summed E-state index contributed by atoms with van der Waals surface area (Å²) in [5, 5.41) is 0.649. The SMILES string of the molecule is CCn1c(C(=O)OC)c(-c2ccc(Cl)cc2)c2ncccc21. The summed E-state index contributed by atoms with van der Waals surface area (Å²) in [5.74, 6) is -0.371. The number of esters is 1. The maximum absolute atomic E-state index is 12.3. The van der Waals surface area contributed by atoms with E-state index in [9.17, 15) is 4.79 Å². The number of fused-ring (bicyclic) bond motifs is 1. The van der Waals surface area contributed by atoms with Gasteiger partial charge in [-0.15, -0.1) is 0 Å². The van der Waals surface area contributed by atoms with Gasteiger partial charge in [-0.05, 0) is 36.8 Å². The van der Waals surface area contributed by atoms with Gasteiger partial charge in [-0.2, -0.15) is 0 Å². The Hall–Kier alpha value is -2.33. The molecule has 0 N–H and O–H groups in total. The molecule has 2 aromatic heterocycles. The van der Waals surface area contributed by atoms with Crippen LogP contribution in [-0.2, 0) is 11.3 Å². The summed E-state index contributed by atoms with van der Waals surface area (Å²) in [6.45, 7) is 2.64. The molecule has 0 aliphatic rings. The van der Waals surface area contributed by atoms with Crippen LogP contribution in [0.4, 0.5) is 0 Å². The molecule has 0 fully saturated rings. The molecular formula is C17H15ClN2O2. The molecule has 112 valence electrons. The van der Waals surface area contributed by atoms with E-state index in [0.717, 1.165) is 22.2 Å². The van der Waals surface area contributed by atoms with E-state index >= 15 is 0 Å². The summed E-state index contributed by atoms with van der Waals surface area (Å²) in [5.41, 5.74) is 3.88. The van der Waals surface area contributed by atoms with Crippen molar-refractivity contribution in [2.24, 2.45) is 0 Å². The van der Waals surface area contributed by atoms with Crippen LogP contribution >= 0.6 is 11.6 Å². The minimum absolute atomic E-state index is 0.371. The molecule has 4 nitrogen and oxygen atoms in total. The Morgan fingerprint density at radius 3 is 2.64 bits per heavy atom. The van der Waals surface area contributed by atoms with Crippen LogP contribution < -0.4 is 0 Å². The maximum atomic E-state index is 12.3. The molecule has 0 bridgehead atoms. The van der Waals surface area contributed by atoms with E-state index in [4.69, 9.17) is 16.3 Å². The number of pyridine rings is 1. The molecule has 0 saturated heterocycles. The van der Waals surface area contributed by atoms with Crippen LogP contribution in [0.25, 0.3) is 22.2 Å². The first-order valence-corrected chi connectivity index (χ1v) is 7.36. The van der Waals surface area contributed by atoms with Crippen molar-refractivity contribution >= 4 is 28.6 Å². The van der Waals surface area contributed by atoms with Crippen molar-refractivity contribution in [1.82, 2.24) is 9.55 Å². The highest BCUT2D eigenvalue weighted by atomic mass is 35.5. The smallest absolute Gasteiger partial charge is 0.355 e. The Morgan fingerprint density at radius 1 is 1.27 bits per heavy atom. The van der Waals surface area contributed by atoms with Gasteiger partial charge in [0.1, 0.15) is 5.69 Å². The van der Waals surface area contributed by atoms with E-state index < -0.39 is 0 Å². The van der Waals surface area contributed by atoms with Crippen LogP contribution in [0, 0.1) is 0 Å². The van der Waals surface area contributed by atoms with Crippen molar-refractivity contribution < 1.29 is 9.53 Å². The molecule has 2 heterocycles. The van der Waals surface area contributed by atoms with E-state index in [1.807, 2.05) is 35.8 Å². The monoisotopic (exact) mass is 314 g/mol. The van der Waals surface area contributed by atoms with Gasteiger partial charge in [0, 0.05) is 23.3 Å². The molecule has 0 saturated carbocycles. The molecule has 0 atom stereocenters. The number of rotatable bonds is 3. The van der Waals surface area contributed by atoms with Crippen LogP contribution in [0.15, 0.2) is 42.6 Å². The number of hydrogen-bond acceptors (Lipinski definition) is 3. The van der Waals surface area contributed by atoms with Crippen LogP contribution in [-0.4, -0.2) is 22.6 Å². The van der Waals surface area contributed by atoms with E-state index in [-0.39, 0.29) is 5.97 Å². The molecular weight excluding hydrogens is 300 g/mol. The second kappa shape index (κ2) is 5.81. The van der Waals surface area contributed by atoms with E-state index in [1.54, 1.807) is 18.3 Å². The number of halogens is 1. The summed E-state index contributed by atoms with van der Waals surface area (Å²) >= 11 is 5.97. The molecule has 0 unspecified atom stereocenters. The first kappa shape index (κ1) is 14.6. The second-order valence-corrected chi connectivity index (χ2v) is 5.27. The summed E-state index contributed by atoms with van der Waals surface area (Å²) in [7, 11) is 1.39. The average molecular weight is 315 g/mol. The lowest BCUT2D eigenvalue weighted by atomic mass is 10.0. The second-order valence-electron chi connectivity index (χ2n) is 4.84. The number of ether oxygens (including phenoxy) is 1. The zero-order chi connectivity index (χ0) is 15.7. The van der Waals surface area contributed by atoms with Crippen molar-refractivity contribution in [3.8, 4) is 11.1 Å². The number of benzene rings is 1. The molecule has 0 radical (unpaired) electrons. The number of methoxy groups -OCH3 is 1. The van der Waals surface area contributed by atoms with Gasteiger partial charge in [0.15, 0.2) is 0 Å². The summed E-state index contributed by atoms with van der Waals surface area (Å²) < 4.78 is 6.91. The van der Waals surface area contributed by atoms with E-state index in [0.29, 0.717) is 17.3 Å². The van der Waals surface area contributed by atoms with Crippen molar-refractivity contribution in [2.75, 3.05) is 7.11 Å². The standard InChI is InChI=1S/C17H15ClN2O2/c1-3-20-13-5-4-10-19-15(13)14(16(20)17(21)22-2)11-6-8-12(18)9-7-11/h4-10H,3H2,1-2H3. The maximum Gasteiger partial charge on any atom is 0.355 e. The van der Waals surface area contributed by atoms with Gasteiger partial charge >= 0.3 is 5.97 Å². The number of carbonyl (C=O) groups excluding carboxylic acids is 1. The zero-order valence-electron chi connectivity index (χ0n) is 12.3. The summed E-state index contributed by atoms with van der Waals surface area (Å²) in [6.07, 6.45) is 1.73. The highest BCUT2D eigenvalue weighted by Crippen LogP contribution is 2.34. The van der Waals surface area contributed by atoms with Crippen molar-refractivity contribution in [2.45, 2.75) is 13.5 Å². The number of carbonyl (C=O) groups is 1. The summed E-state index contributed by atoms with van der Waals surface area (Å²) in [6, 6.07) is 11.2. The predicted molar refractivity (Wildman–Crippen MR) is 87.2 cm³/mol. The van der Waals surface area contributed by atoms with Gasteiger partial charge in [0.25, 0.3) is 0 Å². The minimum Gasteiger partial charge on any atom is -0.464 e. The molecule has 0 aliphatic heterocycles. The lowest BCUT2D eigenvalue weighted by Gasteiger charge is -2.08. The minimum atomic E-state index is -0.371. The number of aromatic nitrogens is 2. The first-order valence-electron chi connectivity index (χ1n) is 6.98. The Morgan fingerprint density at radius 2 is 2.00 bits per heavy atom. The Labute approximate surface area is 133 Å². The lowest BCUT2D eigenvalue weighted by Crippen LogP contribution is -2.10. The van der Waals surface area contributed by atoms with Gasteiger partial charge in [0.2, 0.25) is 0 Å². The van der Waals surface area contributed by atoms with Crippen LogP contribution in [0.5, 0.6) is 0 Å². The van der Waals surface area contributed by atoms with Crippen molar-refractivity contribution in [1.29, 1.82) is 0 Å². The molecule has 1 aromatic carbocycles. The first-order chi connectivity index (χ1) is 10.7. The third kappa shape index (κ3) is 2.25. The van der Waals surface area contributed by atoms with E-state index in [1.165, 1.54) is 7.11 Å². The highest BCUT2D eigenvalue weighted by molar-refractivity contribution is 6.30. The van der Waals surface area contributed by atoms with Gasteiger partial charge in [-0.1, -0.05) is 23.7 Å². The number of nitrogens with zero attached hydrogens (tertiary/aromatic N) is 2. The van der Waals surface area contributed by atoms with Crippen LogP contribution in [0.3, 0.4) is 0 Å². The molecule has 0 aliphatic carbocycles. The molecule has 3 aromatic rings. The molecule has 5 heteroatoms. The largest absolute Gasteiger partial charge is 0.464 e. The molecule has 3 rings (SSSR count). The topological polar surface area (TPSA) is 44.1 Å². The Bertz CT molecular complexity index is 838. The Balaban J connectivity index is 2.40. The predicted octanol–water partition coefficient (Wildman–Crippen LogP) is 4.16. The average Bonchev–Trinajstić information content (AvgIpc) is 2.89. The fraction of sp³-hybridized carbons (Fsp3) is 0.176. The molecule has 0 spiro atoms. The van der Waals surface area contributed by atoms with Crippen LogP contribution in [0.1, 0.15) is 17.4 Å². The Kier molecular flexibility index (Phi) is 3.86. The summed E-state index contributed by atoms with van der Waals surface area (Å²) in [4.78, 5) is 16.8. The lowest BCUT2D eigenvalue weighted by molar-refractivity contribution is 0.0590. The zero-order valence-corrected chi connectivity index (χ0v) is 13.1. The highest BCUT2D eigenvalue weighted by Gasteiger charge is 2.24. The van der Waals surface area contributed by atoms with Gasteiger partial charge in [-0.3, -0.25) is 4.98 Å². The molecule has 22 heavy (non-hydrogen) atoms. The van der Waals surface area contributed by atoms with Gasteiger partial charge in [-0.25, -0.2) is 4.79 Å². The van der Waals surface area contributed by atoms with Crippen LogP contribution in [0.2, 0.25) is 5.02 Å². The third-order valence-corrected chi connectivity index (χ3v) is 3.90. The fourth-order valence-electron chi connectivity index (χ4n) is 2.70. The normalized spacial score (nSPS) is 10.9. The number of hydrogen-bond donors (Lipinski definition) is 0. The van der Waals surface area contributed by atoms with Gasteiger partial charge in [0.05, 0.1) is 18.1 Å². The number of aryl methyl sites for hydroxylation is 1. The molecule has 0 amide bonds. The fourth-order valence-corrected chi connectivity index (χ4v) is 2.83.